The van der Waals surface area contributed by atoms with Crippen LogP contribution < -0.4 is 10.7 Å². The van der Waals surface area contributed by atoms with Crippen LogP contribution in [0.3, 0.4) is 0 Å². The van der Waals surface area contributed by atoms with E-state index in [1.54, 1.807) is 37.3 Å². The SMILES string of the molecule is CCOC(=O)c1cc(-c2ccccc2)sc1NC(=O)[C@@H](C)OC(=O)c1cc(=O)c2ccccc2o1. The van der Waals surface area contributed by atoms with Crippen LogP contribution in [0.15, 0.2) is 75.9 Å². The van der Waals surface area contributed by atoms with E-state index in [4.69, 9.17) is 13.9 Å². The van der Waals surface area contributed by atoms with Gasteiger partial charge in [-0.05, 0) is 37.6 Å². The second-order valence-corrected chi connectivity index (χ2v) is 8.50. The summed E-state index contributed by atoms with van der Waals surface area (Å²) in [6.07, 6.45) is -1.24. The first kappa shape index (κ1) is 23.9. The average molecular weight is 492 g/mol. The van der Waals surface area contributed by atoms with Crippen molar-refractivity contribution >= 4 is 45.2 Å². The Morgan fingerprint density at radius 2 is 1.71 bits per heavy atom. The molecule has 9 heteroatoms. The highest BCUT2D eigenvalue weighted by Gasteiger charge is 2.25. The quantitative estimate of drug-likeness (QED) is 0.367. The summed E-state index contributed by atoms with van der Waals surface area (Å²) in [6, 6.07) is 18.5. The molecule has 35 heavy (non-hydrogen) atoms. The second kappa shape index (κ2) is 10.4. The van der Waals surface area contributed by atoms with E-state index in [0.717, 1.165) is 16.5 Å². The Kier molecular flexibility index (Phi) is 7.07. The highest BCUT2D eigenvalue weighted by Crippen LogP contribution is 2.36. The number of ether oxygens (including phenoxy) is 2. The predicted molar refractivity (Wildman–Crippen MR) is 132 cm³/mol. The Morgan fingerprint density at radius 1 is 1.00 bits per heavy atom. The third-order valence-electron chi connectivity index (χ3n) is 5.01. The topological polar surface area (TPSA) is 112 Å². The molecule has 0 aliphatic rings. The molecule has 0 radical (unpaired) electrons. The van der Waals surface area contributed by atoms with E-state index in [0.29, 0.717) is 5.39 Å². The van der Waals surface area contributed by atoms with E-state index in [1.807, 2.05) is 30.3 Å². The molecule has 0 unspecified atom stereocenters. The zero-order valence-corrected chi connectivity index (χ0v) is 19.7. The Labute approximate surface area is 204 Å². The number of hydrogen-bond acceptors (Lipinski definition) is 8. The first-order chi connectivity index (χ1) is 16.9. The summed E-state index contributed by atoms with van der Waals surface area (Å²) in [7, 11) is 0. The molecule has 1 N–H and O–H groups in total. The van der Waals surface area contributed by atoms with Gasteiger partial charge in [0.2, 0.25) is 5.76 Å². The zero-order valence-electron chi connectivity index (χ0n) is 18.9. The number of anilines is 1. The number of rotatable bonds is 7. The lowest BCUT2D eigenvalue weighted by Crippen LogP contribution is -2.30. The Bertz CT molecular complexity index is 1460. The van der Waals surface area contributed by atoms with Crippen LogP contribution in [0.5, 0.6) is 0 Å². The van der Waals surface area contributed by atoms with Gasteiger partial charge in [0.1, 0.15) is 10.6 Å². The lowest BCUT2D eigenvalue weighted by Gasteiger charge is -2.13. The minimum Gasteiger partial charge on any atom is -0.462 e. The van der Waals surface area contributed by atoms with E-state index in [-0.39, 0.29) is 28.5 Å². The molecule has 1 atom stereocenters. The lowest BCUT2D eigenvalue weighted by molar-refractivity contribution is -0.123. The third kappa shape index (κ3) is 5.30. The van der Waals surface area contributed by atoms with Crippen LogP contribution in [0, 0.1) is 0 Å². The number of esters is 2. The number of carbonyl (C=O) groups is 3. The van der Waals surface area contributed by atoms with Crippen molar-refractivity contribution in [3.05, 3.63) is 88.3 Å². The normalized spacial score (nSPS) is 11.6. The van der Waals surface area contributed by atoms with Gasteiger partial charge in [-0.25, -0.2) is 9.59 Å². The number of hydrogen-bond donors (Lipinski definition) is 1. The van der Waals surface area contributed by atoms with Gasteiger partial charge in [0.25, 0.3) is 5.91 Å². The molecule has 178 valence electrons. The highest BCUT2D eigenvalue weighted by atomic mass is 32.1. The van der Waals surface area contributed by atoms with Crippen LogP contribution in [0.2, 0.25) is 0 Å². The van der Waals surface area contributed by atoms with Crippen molar-refractivity contribution in [1.29, 1.82) is 0 Å². The molecule has 4 rings (SSSR count). The smallest absolute Gasteiger partial charge is 0.375 e. The molecular formula is C26H21NO7S. The molecule has 0 bridgehead atoms. The molecule has 0 spiro atoms. The minimum atomic E-state index is -1.24. The van der Waals surface area contributed by atoms with Crippen molar-refractivity contribution in [3.8, 4) is 10.4 Å². The summed E-state index contributed by atoms with van der Waals surface area (Å²) in [6.45, 7) is 3.24. The van der Waals surface area contributed by atoms with Crippen molar-refractivity contribution < 1.29 is 28.3 Å². The van der Waals surface area contributed by atoms with E-state index in [1.165, 1.54) is 18.3 Å². The first-order valence-corrected chi connectivity index (χ1v) is 11.6. The summed E-state index contributed by atoms with van der Waals surface area (Å²) in [5, 5.41) is 3.24. The maximum Gasteiger partial charge on any atom is 0.375 e. The van der Waals surface area contributed by atoms with Crippen LogP contribution in [0.4, 0.5) is 5.00 Å². The highest BCUT2D eigenvalue weighted by molar-refractivity contribution is 7.20. The average Bonchev–Trinajstić information content (AvgIpc) is 3.28. The van der Waals surface area contributed by atoms with Crippen molar-refractivity contribution in [2.45, 2.75) is 20.0 Å². The van der Waals surface area contributed by atoms with Gasteiger partial charge in [0.15, 0.2) is 11.5 Å². The number of thiophene rings is 1. The number of nitrogens with one attached hydrogen (secondary N) is 1. The van der Waals surface area contributed by atoms with E-state index < -0.39 is 29.4 Å². The van der Waals surface area contributed by atoms with Gasteiger partial charge < -0.3 is 19.2 Å². The van der Waals surface area contributed by atoms with Crippen LogP contribution in [-0.2, 0) is 14.3 Å². The first-order valence-electron chi connectivity index (χ1n) is 10.8. The number of carbonyl (C=O) groups excluding carboxylic acids is 3. The Hall–Kier alpha value is -4.24. The van der Waals surface area contributed by atoms with Gasteiger partial charge >= 0.3 is 11.9 Å². The maximum absolute atomic E-state index is 12.8. The molecule has 1 amide bonds. The fourth-order valence-corrected chi connectivity index (χ4v) is 4.33. The van der Waals surface area contributed by atoms with Crippen molar-refractivity contribution in [1.82, 2.24) is 0 Å². The Morgan fingerprint density at radius 3 is 2.46 bits per heavy atom. The van der Waals surface area contributed by atoms with Gasteiger partial charge in [-0.1, -0.05) is 42.5 Å². The monoisotopic (exact) mass is 491 g/mol. The van der Waals surface area contributed by atoms with Crippen LogP contribution in [-0.4, -0.2) is 30.6 Å². The van der Waals surface area contributed by atoms with E-state index >= 15 is 0 Å². The van der Waals surface area contributed by atoms with Gasteiger partial charge in [0.05, 0.1) is 17.6 Å². The predicted octanol–water partition coefficient (Wildman–Crippen LogP) is 4.88. The van der Waals surface area contributed by atoms with Crippen LogP contribution in [0.1, 0.15) is 34.8 Å². The molecule has 0 saturated heterocycles. The van der Waals surface area contributed by atoms with Crippen LogP contribution in [0.25, 0.3) is 21.4 Å². The number of para-hydroxylation sites is 1. The third-order valence-corrected chi connectivity index (χ3v) is 6.11. The van der Waals surface area contributed by atoms with Crippen molar-refractivity contribution in [3.63, 3.8) is 0 Å². The second-order valence-electron chi connectivity index (χ2n) is 7.45. The number of amides is 1. The molecule has 0 fully saturated rings. The summed E-state index contributed by atoms with van der Waals surface area (Å²) in [5.41, 5.74) is 0.898. The molecule has 0 saturated carbocycles. The zero-order chi connectivity index (χ0) is 24.9. The molecule has 4 aromatic rings. The lowest BCUT2D eigenvalue weighted by atomic mass is 10.1. The standard InChI is InChI=1S/C26H21NO7S/c1-3-32-25(30)18-13-22(16-9-5-4-6-10-16)35-24(18)27-23(29)15(2)33-26(31)21-14-19(28)17-11-7-8-12-20(17)34-21/h4-15H,3H2,1-2H3,(H,27,29)/t15-/m1/s1. The van der Waals surface area contributed by atoms with Crippen LogP contribution >= 0.6 is 11.3 Å². The van der Waals surface area contributed by atoms with E-state index in [2.05, 4.69) is 5.32 Å². The van der Waals surface area contributed by atoms with Crippen molar-refractivity contribution in [2.24, 2.45) is 0 Å². The largest absolute Gasteiger partial charge is 0.462 e. The number of benzene rings is 2. The summed E-state index contributed by atoms with van der Waals surface area (Å²) >= 11 is 1.20. The van der Waals surface area contributed by atoms with Gasteiger partial charge in [0, 0.05) is 10.9 Å². The van der Waals surface area contributed by atoms with Gasteiger partial charge in [-0.3, -0.25) is 9.59 Å². The minimum absolute atomic E-state index is 0.174. The van der Waals surface area contributed by atoms with E-state index in [9.17, 15) is 19.2 Å². The fraction of sp³-hybridized carbons (Fsp3) is 0.154. The summed E-state index contributed by atoms with van der Waals surface area (Å²) in [5.74, 6) is -2.52. The molecule has 2 aromatic heterocycles. The van der Waals surface area contributed by atoms with Gasteiger partial charge in [-0.15, -0.1) is 11.3 Å². The van der Waals surface area contributed by atoms with Crippen molar-refractivity contribution in [2.75, 3.05) is 11.9 Å². The molecule has 8 nitrogen and oxygen atoms in total. The molecule has 2 heterocycles. The summed E-state index contributed by atoms with van der Waals surface area (Å²) in [4.78, 5) is 50.8. The number of fused-ring (bicyclic) bond motifs is 1. The van der Waals surface area contributed by atoms with Gasteiger partial charge in [-0.2, -0.15) is 0 Å². The Balaban J connectivity index is 1.53. The summed E-state index contributed by atoms with van der Waals surface area (Å²) < 4.78 is 15.8. The molecular weight excluding hydrogens is 470 g/mol. The molecule has 0 aliphatic carbocycles. The fourth-order valence-electron chi connectivity index (χ4n) is 3.28. The molecule has 2 aromatic carbocycles. The molecule has 0 aliphatic heterocycles. The maximum atomic E-state index is 12.8.